The molecule has 2 atom stereocenters. The molecule has 1 N–H and O–H groups in total. The van der Waals surface area contributed by atoms with Crippen molar-refractivity contribution in [3.05, 3.63) is 87.7 Å². The van der Waals surface area contributed by atoms with Gasteiger partial charge in [-0.15, -0.1) is 0 Å². The number of nitrogens with zero attached hydrogens (tertiary/aromatic N) is 2. The van der Waals surface area contributed by atoms with E-state index in [-0.39, 0.29) is 5.41 Å². The van der Waals surface area contributed by atoms with Gasteiger partial charge < -0.3 is 5.11 Å². The second-order valence-electron chi connectivity index (χ2n) is 9.14. The molecule has 2 aliphatic carbocycles. The number of halogens is 1. The Labute approximate surface area is 183 Å². The number of hydrogen-bond donors (Lipinski definition) is 1. The van der Waals surface area contributed by atoms with Crippen LogP contribution in [0.5, 0.6) is 0 Å². The third-order valence-electron chi connectivity index (χ3n) is 7.28. The second-order valence-corrected chi connectivity index (χ2v) is 9.58. The monoisotopic (exact) mass is 418 g/mol. The molecule has 1 fully saturated rings. The minimum Gasteiger partial charge on any atom is -0.389 e. The van der Waals surface area contributed by atoms with Crippen molar-refractivity contribution in [1.82, 2.24) is 9.78 Å². The third-order valence-corrected chi connectivity index (χ3v) is 7.51. The van der Waals surface area contributed by atoms with E-state index in [9.17, 15) is 5.11 Å². The fourth-order valence-electron chi connectivity index (χ4n) is 5.27. The molecule has 1 heterocycles. The summed E-state index contributed by atoms with van der Waals surface area (Å²) in [5.41, 5.74) is 6.25. The van der Waals surface area contributed by atoms with Crippen molar-refractivity contribution in [3.63, 3.8) is 0 Å². The first-order chi connectivity index (χ1) is 14.4. The van der Waals surface area contributed by atoms with Crippen LogP contribution in [-0.2, 0) is 12.8 Å². The summed E-state index contributed by atoms with van der Waals surface area (Å²) in [7, 11) is 0. The summed E-state index contributed by atoms with van der Waals surface area (Å²) in [4.78, 5) is 0. The molecule has 0 spiro atoms. The van der Waals surface area contributed by atoms with Gasteiger partial charge in [0.15, 0.2) is 0 Å². The quantitative estimate of drug-likeness (QED) is 0.569. The van der Waals surface area contributed by atoms with E-state index >= 15 is 0 Å². The molecule has 154 valence electrons. The van der Waals surface area contributed by atoms with E-state index in [0.29, 0.717) is 0 Å². The van der Waals surface area contributed by atoms with Crippen molar-refractivity contribution >= 4 is 17.7 Å². The van der Waals surface area contributed by atoms with E-state index in [1.165, 1.54) is 22.3 Å². The summed E-state index contributed by atoms with van der Waals surface area (Å²) in [5.74, 6) is 0. The maximum atomic E-state index is 11.8. The molecule has 3 nitrogen and oxygen atoms in total. The van der Waals surface area contributed by atoms with Crippen LogP contribution in [-0.4, -0.2) is 20.5 Å². The molecule has 0 bridgehead atoms. The number of aliphatic hydroxyl groups is 1. The van der Waals surface area contributed by atoms with Crippen LogP contribution in [0, 0.1) is 12.3 Å². The fraction of sp³-hybridized carbons (Fsp3) is 0.346. The van der Waals surface area contributed by atoms with Crippen LogP contribution in [0.25, 0.3) is 11.8 Å². The molecule has 2 aliphatic rings. The van der Waals surface area contributed by atoms with E-state index in [4.69, 9.17) is 11.6 Å². The minimum atomic E-state index is -0.717. The van der Waals surface area contributed by atoms with Gasteiger partial charge in [-0.3, -0.25) is 0 Å². The zero-order chi connectivity index (χ0) is 20.9. The third kappa shape index (κ3) is 3.12. The lowest BCUT2D eigenvalue weighted by molar-refractivity contribution is -0.0461. The predicted molar refractivity (Wildman–Crippen MR) is 122 cm³/mol. The van der Waals surface area contributed by atoms with Crippen LogP contribution in [0.15, 0.2) is 60.3 Å². The molecule has 1 saturated carbocycles. The van der Waals surface area contributed by atoms with Gasteiger partial charge in [-0.25, -0.2) is 4.68 Å². The first-order valence-corrected chi connectivity index (χ1v) is 11.1. The van der Waals surface area contributed by atoms with Gasteiger partial charge in [-0.1, -0.05) is 53.9 Å². The molecular weight excluding hydrogens is 392 g/mol. The second kappa shape index (κ2) is 7.11. The molecule has 2 aromatic carbocycles. The molecule has 0 aliphatic heterocycles. The van der Waals surface area contributed by atoms with Crippen LogP contribution < -0.4 is 0 Å². The minimum absolute atomic E-state index is 0.250. The molecule has 0 amide bonds. The normalized spacial score (nSPS) is 25.0. The van der Waals surface area contributed by atoms with Crippen LogP contribution in [0.4, 0.5) is 0 Å². The highest BCUT2D eigenvalue weighted by Gasteiger charge is 2.54. The maximum absolute atomic E-state index is 11.8. The zero-order valence-corrected chi connectivity index (χ0v) is 18.3. The van der Waals surface area contributed by atoms with Crippen molar-refractivity contribution in [2.75, 3.05) is 0 Å². The van der Waals surface area contributed by atoms with Crippen molar-refractivity contribution in [3.8, 4) is 5.69 Å². The topological polar surface area (TPSA) is 38.0 Å². The standard InChI is InChI=1S/C26H27ClN2O/c1-18-6-8-23(9-7-18)29-24-15-21-11-13-26(30,25(21,2)16-20(24)17-28-29)12-10-19-4-3-5-22(27)14-19/h3-9,14-15,17,30H,10-13,16H2,1-2H3/t25-,26-/m0/s1. The molecule has 0 radical (unpaired) electrons. The summed E-state index contributed by atoms with van der Waals surface area (Å²) in [6, 6.07) is 16.4. The number of aromatic nitrogens is 2. The van der Waals surface area contributed by atoms with Gasteiger partial charge in [0, 0.05) is 10.4 Å². The van der Waals surface area contributed by atoms with Crippen molar-refractivity contribution in [2.45, 2.75) is 51.6 Å². The van der Waals surface area contributed by atoms with Crippen LogP contribution in [0.3, 0.4) is 0 Å². The molecule has 0 saturated heterocycles. The summed E-state index contributed by atoms with van der Waals surface area (Å²) in [6.45, 7) is 4.33. The smallest absolute Gasteiger partial charge is 0.0747 e. The van der Waals surface area contributed by atoms with Crippen molar-refractivity contribution < 1.29 is 5.11 Å². The summed E-state index contributed by atoms with van der Waals surface area (Å²) in [5, 5.41) is 17.2. The van der Waals surface area contributed by atoms with E-state index in [0.717, 1.165) is 48.5 Å². The van der Waals surface area contributed by atoms with Crippen molar-refractivity contribution in [1.29, 1.82) is 0 Å². The lowest BCUT2D eigenvalue weighted by Crippen LogP contribution is -2.45. The number of fused-ring (bicyclic) bond motifs is 2. The zero-order valence-electron chi connectivity index (χ0n) is 17.5. The van der Waals surface area contributed by atoms with Crippen molar-refractivity contribution in [2.24, 2.45) is 5.41 Å². The van der Waals surface area contributed by atoms with E-state index < -0.39 is 5.60 Å². The van der Waals surface area contributed by atoms with Crippen LogP contribution in [0.2, 0.25) is 5.02 Å². The number of benzene rings is 2. The Kier molecular flexibility index (Phi) is 4.64. The Balaban J connectivity index is 1.44. The SMILES string of the molecule is Cc1ccc(-n2ncc3c2C=C2CC[C@@](O)(CCc4cccc(Cl)c4)[C@@]2(C)C3)cc1. The summed E-state index contributed by atoms with van der Waals surface area (Å²) >= 11 is 6.15. The number of rotatable bonds is 4. The van der Waals surface area contributed by atoms with Crippen LogP contribution >= 0.6 is 11.6 Å². The summed E-state index contributed by atoms with van der Waals surface area (Å²) in [6.07, 6.45) is 8.38. The summed E-state index contributed by atoms with van der Waals surface area (Å²) < 4.78 is 2.03. The molecule has 3 aromatic rings. The highest BCUT2D eigenvalue weighted by Crippen LogP contribution is 2.56. The Bertz CT molecular complexity index is 1130. The van der Waals surface area contributed by atoms with Gasteiger partial charge in [-0.2, -0.15) is 5.10 Å². The number of hydrogen-bond acceptors (Lipinski definition) is 2. The van der Waals surface area contributed by atoms with Gasteiger partial charge >= 0.3 is 0 Å². The first-order valence-electron chi connectivity index (χ1n) is 10.7. The number of aryl methyl sites for hydroxylation is 2. The Morgan fingerprint density at radius 1 is 1.17 bits per heavy atom. The van der Waals surface area contributed by atoms with Gasteiger partial charge in [0.1, 0.15) is 0 Å². The predicted octanol–water partition coefficient (Wildman–Crippen LogP) is 5.94. The molecule has 5 rings (SSSR count). The highest BCUT2D eigenvalue weighted by molar-refractivity contribution is 6.30. The largest absolute Gasteiger partial charge is 0.389 e. The van der Waals surface area contributed by atoms with Gasteiger partial charge in [0.05, 0.1) is 23.2 Å². The highest BCUT2D eigenvalue weighted by atomic mass is 35.5. The average molecular weight is 419 g/mol. The van der Waals surface area contributed by atoms with Gasteiger partial charge in [0.25, 0.3) is 0 Å². The van der Waals surface area contributed by atoms with E-state index in [1.54, 1.807) is 0 Å². The fourth-order valence-corrected chi connectivity index (χ4v) is 5.48. The molecular formula is C26H27ClN2O. The Hall–Kier alpha value is -2.36. The van der Waals surface area contributed by atoms with Gasteiger partial charge in [0.2, 0.25) is 0 Å². The average Bonchev–Trinajstić information content (AvgIpc) is 3.24. The van der Waals surface area contributed by atoms with Gasteiger partial charge in [-0.05, 0) is 80.5 Å². The Morgan fingerprint density at radius 2 is 1.97 bits per heavy atom. The molecule has 0 unspecified atom stereocenters. The Morgan fingerprint density at radius 3 is 2.73 bits per heavy atom. The first kappa shape index (κ1) is 19.6. The lowest BCUT2D eigenvalue weighted by Gasteiger charge is -2.42. The van der Waals surface area contributed by atoms with E-state index in [1.807, 2.05) is 29.1 Å². The maximum Gasteiger partial charge on any atom is 0.0747 e. The molecule has 30 heavy (non-hydrogen) atoms. The molecule has 4 heteroatoms. The molecule has 1 aromatic heterocycles. The van der Waals surface area contributed by atoms with Crippen LogP contribution in [0.1, 0.15) is 48.6 Å². The lowest BCUT2D eigenvalue weighted by atomic mass is 9.65. The van der Waals surface area contributed by atoms with E-state index in [2.05, 4.69) is 55.4 Å².